The Morgan fingerprint density at radius 2 is 2.08 bits per heavy atom. The summed E-state index contributed by atoms with van der Waals surface area (Å²) in [6, 6.07) is 0. The second-order valence-electron chi connectivity index (χ2n) is 2.71. The van der Waals surface area contributed by atoms with E-state index in [-0.39, 0.29) is 0 Å². The number of allylic oxidation sites excluding steroid dienone is 9. The smallest absolute Gasteiger partial charge is 0.0162 e. The summed E-state index contributed by atoms with van der Waals surface area (Å²) in [6.07, 6.45) is 15.6. The lowest BCUT2D eigenvalue weighted by Gasteiger charge is -1.96. The van der Waals surface area contributed by atoms with E-state index in [1.54, 1.807) is 0 Å². The molecule has 12 heavy (non-hydrogen) atoms. The average Bonchev–Trinajstić information content (AvgIpc) is 2.27. The lowest BCUT2D eigenvalue weighted by Crippen LogP contribution is -1.77. The van der Waals surface area contributed by atoms with Crippen molar-refractivity contribution >= 4 is 0 Å². The van der Waals surface area contributed by atoms with Crippen LogP contribution in [0.5, 0.6) is 0 Å². The molecule has 0 amide bonds. The van der Waals surface area contributed by atoms with Crippen LogP contribution >= 0.6 is 0 Å². The Balaban J connectivity index is 2.87. The highest BCUT2D eigenvalue weighted by molar-refractivity contribution is 5.47. The third-order valence-electron chi connectivity index (χ3n) is 1.73. The topological polar surface area (TPSA) is 0 Å². The highest BCUT2D eigenvalue weighted by atomic mass is 14.0. The molecule has 1 aliphatic carbocycles. The lowest BCUT2D eigenvalue weighted by molar-refractivity contribution is 1.41. The molecule has 0 unspecified atom stereocenters. The van der Waals surface area contributed by atoms with E-state index in [0.29, 0.717) is 0 Å². The van der Waals surface area contributed by atoms with Crippen LogP contribution in [0.4, 0.5) is 0 Å². The number of hydrogen-bond donors (Lipinski definition) is 0. The predicted molar refractivity (Wildman–Crippen MR) is 54.9 cm³/mol. The van der Waals surface area contributed by atoms with Crippen molar-refractivity contribution in [3.63, 3.8) is 0 Å². The summed E-state index contributed by atoms with van der Waals surface area (Å²) in [5.41, 5.74) is 2.28. The Bertz CT molecular complexity index is 272. The fourth-order valence-corrected chi connectivity index (χ4v) is 1.05. The van der Waals surface area contributed by atoms with Gasteiger partial charge in [0.2, 0.25) is 0 Å². The molecule has 0 heterocycles. The summed E-state index contributed by atoms with van der Waals surface area (Å²) in [5, 5.41) is 0. The molecule has 0 heteroatoms. The Morgan fingerprint density at radius 1 is 1.33 bits per heavy atom. The van der Waals surface area contributed by atoms with Gasteiger partial charge >= 0.3 is 0 Å². The first-order chi connectivity index (χ1) is 5.84. The van der Waals surface area contributed by atoms with E-state index in [1.807, 2.05) is 19.1 Å². The van der Waals surface area contributed by atoms with Crippen LogP contribution in [0.15, 0.2) is 60.3 Å². The quantitative estimate of drug-likeness (QED) is 0.547. The van der Waals surface area contributed by atoms with Gasteiger partial charge in [-0.3, -0.25) is 0 Å². The molecule has 0 N–H and O–H groups in total. The van der Waals surface area contributed by atoms with Crippen molar-refractivity contribution in [2.75, 3.05) is 0 Å². The highest BCUT2D eigenvalue weighted by Crippen LogP contribution is 2.15. The zero-order chi connectivity index (χ0) is 8.81. The highest BCUT2D eigenvalue weighted by Gasteiger charge is 1.95. The summed E-state index contributed by atoms with van der Waals surface area (Å²) in [4.78, 5) is 0. The van der Waals surface area contributed by atoms with Gasteiger partial charge in [-0.15, -0.1) is 0 Å². The van der Waals surface area contributed by atoms with Crippen LogP contribution in [-0.2, 0) is 0 Å². The van der Waals surface area contributed by atoms with E-state index in [9.17, 15) is 0 Å². The van der Waals surface area contributed by atoms with Crippen LogP contribution < -0.4 is 0 Å². The Kier molecular flexibility index (Phi) is 3.34. The van der Waals surface area contributed by atoms with Crippen molar-refractivity contribution in [3.05, 3.63) is 60.3 Å². The fraction of sp³-hybridized carbons (Fsp3) is 0.167. The summed E-state index contributed by atoms with van der Waals surface area (Å²) < 4.78 is 0. The van der Waals surface area contributed by atoms with E-state index >= 15 is 0 Å². The minimum absolute atomic E-state index is 1.01. The molecule has 62 valence electrons. The monoisotopic (exact) mass is 158 g/mol. The molecule has 1 rings (SSSR count). The molecule has 0 atom stereocenters. The van der Waals surface area contributed by atoms with Gasteiger partial charge in [0.15, 0.2) is 0 Å². The molecule has 1 aliphatic rings. The van der Waals surface area contributed by atoms with Crippen molar-refractivity contribution < 1.29 is 0 Å². The van der Waals surface area contributed by atoms with Crippen molar-refractivity contribution in [2.24, 2.45) is 0 Å². The summed E-state index contributed by atoms with van der Waals surface area (Å²) in [7, 11) is 0. The summed E-state index contributed by atoms with van der Waals surface area (Å²) >= 11 is 0. The van der Waals surface area contributed by atoms with Crippen LogP contribution in [-0.4, -0.2) is 0 Å². The molecule has 0 aromatic rings. The van der Waals surface area contributed by atoms with Gasteiger partial charge in [0.1, 0.15) is 0 Å². The molecule has 0 radical (unpaired) electrons. The van der Waals surface area contributed by atoms with Crippen LogP contribution in [0.25, 0.3) is 0 Å². The van der Waals surface area contributed by atoms with Crippen molar-refractivity contribution in [2.45, 2.75) is 13.3 Å². The van der Waals surface area contributed by atoms with Gasteiger partial charge in [0.05, 0.1) is 0 Å². The first-order valence-corrected chi connectivity index (χ1v) is 4.20. The number of hydrogen-bond acceptors (Lipinski definition) is 0. The van der Waals surface area contributed by atoms with Crippen LogP contribution in [0.1, 0.15) is 13.3 Å². The second kappa shape index (κ2) is 4.55. The van der Waals surface area contributed by atoms with Gasteiger partial charge in [-0.2, -0.15) is 0 Å². The third-order valence-corrected chi connectivity index (χ3v) is 1.73. The van der Waals surface area contributed by atoms with Crippen LogP contribution in [0, 0.1) is 0 Å². The summed E-state index contributed by atoms with van der Waals surface area (Å²) in [5.74, 6) is 0. The van der Waals surface area contributed by atoms with Gasteiger partial charge in [-0.05, 0) is 24.5 Å². The molecule has 0 saturated heterocycles. The maximum absolute atomic E-state index is 3.97. The predicted octanol–water partition coefficient (Wildman–Crippen LogP) is 3.56. The molecule has 0 aliphatic heterocycles. The Morgan fingerprint density at radius 3 is 2.83 bits per heavy atom. The zero-order valence-corrected chi connectivity index (χ0v) is 7.46. The van der Waals surface area contributed by atoms with Crippen molar-refractivity contribution in [1.29, 1.82) is 0 Å². The SMILES string of the molecule is C=C1C=CCC=C/C1=C/C=C\C. The molecule has 0 bridgehead atoms. The standard InChI is InChI=1S/C12H14/c1-3-4-9-12-10-7-5-6-8-11(12)2/h3-4,6-10H,2,5H2,1H3/b4-3-,12-9-. The summed E-state index contributed by atoms with van der Waals surface area (Å²) in [6.45, 7) is 5.98. The van der Waals surface area contributed by atoms with E-state index in [0.717, 1.165) is 12.0 Å². The Hall–Kier alpha value is -1.30. The van der Waals surface area contributed by atoms with E-state index in [1.165, 1.54) is 5.57 Å². The molecule has 0 aromatic heterocycles. The maximum Gasteiger partial charge on any atom is -0.0162 e. The van der Waals surface area contributed by atoms with Crippen LogP contribution in [0.3, 0.4) is 0 Å². The van der Waals surface area contributed by atoms with Gasteiger partial charge in [-0.1, -0.05) is 49.1 Å². The van der Waals surface area contributed by atoms with Crippen molar-refractivity contribution in [3.8, 4) is 0 Å². The molecule has 0 nitrogen and oxygen atoms in total. The minimum Gasteiger partial charge on any atom is -0.0912 e. The van der Waals surface area contributed by atoms with E-state index in [2.05, 4.69) is 37.0 Å². The molecule has 0 aromatic carbocycles. The largest absolute Gasteiger partial charge is 0.0912 e. The van der Waals surface area contributed by atoms with E-state index in [4.69, 9.17) is 0 Å². The van der Waals surface area contributed by atoms with Crippen LogP contribution in [0.2, 0.25) is 0 Å². The second-order valence-corrected chi connectivity index (χ2v) is 2.71. The normalized spacial score (nSPS) is 20.8. The number of rotatable bonds is 1. The fourth-order valence-electron chi connectivity index (χ4n) is 1.05. The zero-order valence-electron chi connectivity index (χ0n) is 7.46. The first kappa shape index (κ1) is 8.79. The van der Waals surface area contributed by atoms with Gasteiger partial charge in [0, 0.05) is 0 Å². The molecule has 0 spiro atoms. The lowest BCUT2D eigenvalue weighted by atomic mass is 10.1. The third kappa shape index (κ3) is 2.39. The molecular weight excluding hydrogens is 144 g/mol. The molecule has 0 saturated carbocycles. The van der Waals surface area contributed by atoms with Crippen molar-refractivity contribution in [1.82, 2.24) is 0 Å². The molecule has 0 fully saturated rings. The van der Waals surface area contributed by atoms with Gasteiger partial charge < -0.3 is 0 Å². The maximum atomic E-state index is 3.97. The van der Waals surface area contributed by atoms with Gasteiger partial charge in [0.25, 0.3) is 0 Å². The van der Waals surface area contributed by atoms with Gasteiger partial charge in [-0.25, -0.2) is 0 Å². The minimum atomic E-state index is 1.01. The average molecular weight is 158 g/mol. The first-order valence-electron chi connectivity index (χ1n) is 4.20. The Labute approximate surface area is 74.3 Å². The van der Waals surface area contributed by atoms with E-state index < -0.39 is 0 Å². The molecular formula is C12H14.